The second-order valence-electron chi connectivity index (χ2n) is 7.57. The van der Waals surface area contributed by atoms with E-state index in [1.54, 1.807) is 25.1 Å². The summed E-state index contributed by atoms with van der Waals surface area (Å²) < 4.78 is 12.4. The van der Waals surface area contributed by atoms with Crippen LogP contribution in [0.4, 0.5) is 5.95 Å². The van der Waals surface area contributed by atoms with E-state index in [0.29, 0.717) is 28.6 Å². The summed E-state index contributed by atoms with van der Waals surface area (Å²) in [6.07, 6.45) is 1.69. The van der Waals surface area contributed by atoms with E-state index in [0.717, 1.165) is 16.8 Å². The first kappa shape index (κ1) is 21.9. The summed E-state index contributed by atoms with van der Waals surface area (Å²) in [7, 11) is 3.18. The fraction of sp³-hybridized carbons (Fsp3) is 0.0769. The SMILES string of the molecule is COc1cccc(-c2nn(-c3ccccc3)cc2C(=O)Nc2n[nH]c(-c3ccccc3OC)n2)c1. The van der Waals surface area contributed by atoms with E-state index in [-0.39, 0.29) is 5.95 Å². The Morgan fingerprint density at radius 1 is 0.943 bits per heavy atom. The number of para-hydroxylation sites is 2. The Balaban J connectivity index is 1.49. The largest absolute Gasteiger partial charge is 0.497 e. The van der Waals surface area contributed by atoms with Crippen LogP contribution in [0.5, 0.6) is 11.5 Å². The van der Waals surface area contributed by atoms with Crippen molar-refractivity contribution in [1.29, 1.82) is 0 Å². The first-order chi connectivity index (χ1) is 17.2. The lowest BCUT2D eigenvalue weighted by atomic mass is 10.1. The number of carbonyl (C=O) groups is 1. The second-order valence-corrected chi connectivity index (χ2v) is 7.57. The lowest BCUT2D eigenvalue weighted by Crippen LogP contribution is -2.13. The molecule has 0 aliphatic heterocycles. The molecule has 0 aliphatic rings. The summed E-state index contributed by atoms with van der Waals surface area (Å²) in [5.74, 6) is 1.53. The molecule has 2 N–H and O–H groups in total. The number of aromatic amines is 1. The van der Waals surface area contributed by atoms with Crippen molar-refractivity contribution in [3.8, 4) is 39.8 Å². The normalized spacial score (nSPS) is 10.7. The Kier molecular flexibility index (Phi) is 5.96. The van der Waals surface area contributed by atoms with Gasteiger partial charge in [-0.15, -0.1) is 5.10 Å². The van der Waals surface area contributed by atoms with Gasteiger partial charge in [0.15, 0.2) is 5.82 Å². The Morgan fingerprint density at radius 2 is 1.74 bits per heavy atom. The first-order valence-electron chi connectivity index (χ1n) is 10.8. The highest BCUT2D eigenvalue weighted by Gasteiger charge is 2.21. The summed E-state index contributed by atoms with van der Waals surface area (Å²) in [6.45, 7) is 0. The second kappa shape index (κ2) is 9.52. The number of hydrogen-bond donors (Lipinski definition) is 2. The van der Waals surface area contributed by atoms with E-state index in [9.17, 15) is 4.79 Å². The van der Waals surface area contributed by atoms with Gasteiger partial charge in [-0.1, -0.05) is 42.5 Å². The van der Waals surface area contributed by atoms with Gasteiger partial charge in [0.25, 0.3) is 5.91 Å². The number of nitrogens with one attached hydrogen (secondary N) is 2. The van der Waals surface area contributed by atoms with Crippen molar-refractivity contribution in [2.24, 2.45) is 0 Å². The van der Waals surface area contributed by atoms with Crippen LogP contribution in [-0.2, 0) is 0 Å². The highest BCUT2D eigenvalue weighted by atomic mass is 16.5. The molecule has 0 radical (unpaired) electrons. The molecule has 2 heterocycles. The van der Waals surface area contributed by atoms with Gasteiger partial charge in [-0.05, 0) is 36.4 Å². The number of aromatic nitrogens is 5. The van der Waals surface area contributed by atoms with Crippen LogP contribution in [0.25, 0.3) is 28.3 Å². The molecular formula is C26H22N6O3. The highest BCUT2D eigenvalue weighted by molar-refractivity contribution is 6.07. The number of methoxy groups -OCH3 is 2. The summed E-state index contributed by atoms with van der Waals surface area (Å²) in [4.78, 5) is 17.8. The molecule has 9 nitrogen and oxygen atoms in total. The lowest BCUT2D eigenvalue weighted by molar-refractivity contribution is 0.102. The van der Waals surface area contributed by atoms with Crippen LogP contribution < -0.4 is 14.8 Å². The zero-order valence-electron chi connectivity index (χ0n) is 19.1. The number of rotatable bonds is 7. The van der Waals surface area contributed by atoms with Gasteiger partial charge >= 0.3 is 0 Å². The maximum Gasteiger partial charge on any atom is 0.261 e. The zero-order chi connectivity index (χ0) is 24.2. The van der Waals surface area contributed by atoms with Gasteiger partial charge in [-0.25, -0.2) is 4.68 Å². The van der Waals surface area contributed by atoms with E-state index >= 15 is 0 Å². The van der Waals surface area contributed by atoms with Crippen molar-refractivity contribution in [3.63, 3.8) is 0 Å². The zero-order valence-corrected chi connectivity index (χ0v) is 19.1. The Hall–Kier alpha value is -4.92. The molecule has 9 heteroatoms. The molecule has 3 aromatic carbocycles. The molecule has 174 valence electrons. The third-order valence-electron chi connectivity index (χ3n) is 5.40. The van der Waals surface area contributed by atoms with Crippen molar-refractivity contribution < 1.29 is 14.3 Å². The minimum Gasteiger partial charge on any atom is -0.497 e. The van der Waals surface area contributed by atoms with E-state index in [1.165, 1.54) is 0 Å². The molecule has 0 spiro atoms. The van der Waals surface area contributed by atoms with Crippen molar-refractivity contribution in [1.82, 2.24) is 25.0 Å². The van der Waals surface area contributed by atoms with Crippen LogP contribution in [-0.4, -0.2) is 45.1 Å². The minimum absolute atomic E-state index is 0.139. The average Bonchev–Trinajstić information content (AvgIpc) is 3.57. The van der Waals surface area contributed by atoms with Crippen LogP contribution in [0.15, 0.2) is 85.1 Å². The average molecular weight is 467 g/mol. The summed E-state index contributed by atoms with van der Waals surface area (Å²) in [6, 6.07) is 24.4. The van der Waals surface area contributed by atoms with E-state index < -0.39 is 5.91 Å². The number of carbonyl (C=O) groups excluding carboxylic acids is 1. The Labute approximate surface area is 201 Å². The van der Waals surface area contributed by atoms with Crippen LogP contribution in [0.1, 0.15) is 10.4 Å². The minimum atomic E-state index is -0.393. The van der Waals surface area contributed by atoms with Crippen LogP contribution in [0.2, 0.25) is 0 Å². The van der Waals surface area contributed by atoms with Crippen molar-refractivity contribution in [2.75, 3.05) is 19.5 Å². The van der Waals surface area contributed by atoms with Crippen molar-refractivity contribution in [2.45, 2.75) is 0 Å². The summed E-state index contributed by atoms with van der Waals surface area (Å²) >= 11 is 0. The van der Waals surface area contributed by atoms with Crippen LogP contribution >= 0.6 is 0 Å². The quantitative estimate of drug-likeness (QED) is 0.363. The van der Waals surface area contributed by atoms with Crippen molar-refractivity contribution in [3.05, 3.63) is 90.6 Å². The predicted octanol–water partition coefficient (Wildman–Crippen LogP) is 4.59. The molecule has 1 amide bonds. The monoisotopic (exact) mass is 466 g/mol. The fourth-order valence-corrected chi connectivity index (χ4v) is 3.68. The smallest absolute Gasteiger partial charge is 0.261 e. The Morgan fingerprint density at radius 3 is 2.54 bits per heavy atom. The van der Waals surface area contributed by atoms with E-state index in [4.69, 9.17) is 14.6 Å². The van der Waals surface area contributed by atoms with Gasteiger partial charge in [0.2, 0.25) is 5.95 Å². The number of anilines is 1. The first-order valence-corrected chi connectivity index (χ1v) is 10.8. The number of ether oxygens (including phenoxy) is 2. The van der Waals surface area contributed by atoms with Gasteiger partial charge in [0.1, 0.15) is 17.2 Å². The lowest BCUT2D eigenvalue weighted by Gasteiger charge is -2.05. The molecule has 35 heavy (non-hydrogen) atoms. The predicted molar refractivity (Wildman–Crippen MR) is 132 cm³/mol. The molecule has 0 unspecified atom stereocenters. The molecule has 0 bridgehead atoms. The molecule has 0 saturated carbocycles. The Bertz CT molecular complexity index is 1480. The number of nitrogens with zero attached hydrogens (tertiary/aromatic N) is 4. The molecule has 0 saturated heterocycles. The van der Waals surface area contributed by atoms with Gasteiger partial charge in [0, 0.05) is 11.8 Å². The molecule has 2 aromatic heterocycles. The highest BCUT2D eigenvalue weighted by Crippen LogP contribution is 2.29. The summed E-state index contributed by atoms with van der Waals surface area (Å²) in [5.41, 5.74) is 3.18. The molecule has 0 fully saturated rings. The fourth-order valence-electron chi connectivity index (χ4n) is 3.68. The van der Waals surface area contributed by atoms with Gasteiger partial charge in [-0.2, -0.15) is 10.1 Å². The van der Waals surface area contributed by atoms with Crippen LogP contribution in [0, 0.1) is 0 Å². The van der Waals surface area contributed by atoms with E-state index in [1.807, 2.05) is 78.9 Å². The van der Waals surface area contributed by atoms with Crippen LogP contribution in [0.3, 0.4) is 0 Å². The molecule has 5 aromatic rings. The third-order valence-corrected chi connectivity index (χ3v) is 5.40. The van der Waals surface area contributed by atoms with Gasteiger partial charge < -0.3 is 9.47 Å². The standard InChI is InChI=1S/C26H22N6O3/c1-34-19-12-8-9-17(15-19)23-21(16-32(31-23)18-10-4-3-5-11-18)25(33)28-26-27-24(29-30-26)20-13-6-7-14-22(20)35-2/h3-16H,1-2H3,(H2,27,28,29,30,33). The van der Waals surface area contributed by atoms with E-state index in [2.05, 4.69) is 20.5 Å². The number of hydrogen-bond acceptors (Lipinski definition) is 6. The maximum atomic E-state index is 13.4. The van der Waals surface area contributed by atoms with Gasteiger partial charge in [-0.3, -0.25) is 15.2 Å². The molecule has 0 aliphatic carbocycles. The maximum absolute atomic E-state index is 13.4. The van der Waals surface area contributed by atoms with Crippen molar-refractivity contribution >= 4 is 11.9 Å². The number of benzene rings is 3. The van der Waals surface area contributed by atoms with Gasteiger partial charge in [0.05, 0.1) is 31.0 Å². The number of amides is 1. The molecular weight excluding hydrogens is 444 g/mol. The third kappa shape index (κ3) is 4.47. The number of H-pyrrole nitrogens is 1. The molecule has 5 rings (SSSR count). The molecule has 0 atom stereocenters. The topological polar surface area (TPSA) is 107 Å². The summed E-state index contributed by atoms with van der Waals surface area (Å²) in [5, 5.41) is 14.5.